The number of para-hydroxylation sites is 1. The zero-order valence-corrected chi connectivity index (χ0v) is 13.0. The lowest BCUT2D eigenvalue weighted by Gasteiger charge is -2.05. The summed E-state index contributed by atoms with van der Waals surface area (Å²) in [5.74, 6) is 1.63. The first kappa shape index (κ1) is 15.9. The monoisotopic (exact) mass is 312 g/mol. The number of aromatic nitrogens is 1. The Hall–Kier alpha value is -2.52. The van der Waals surface area contributed by atoms with Gasteiger partial charge in [-0.2, -0.15) is 0 Å². The summed E-state index contributed by atoms with van der Waals surface area (Å²) in [5.41, 5.74) is 1.81. The van der Waals surface area contributed by atoms with Gasteiger partial charge in [0.1, 0.15) is 17.0 Å². The smallest absolute Gasteiger partial charge is 0.132 e. The normalized spacial score (nSPS) is 10.9. The highest BCUT2D eigenvalue weighted by atomic mass is 35.5. The minimum atomic E-state index is 0. The fourth-order valence-corrected chi connectivity index (χ4v) is 1.98. The molecule has 0 saturated heterocycles. The van der Waals surface area contributed by atoms with E-state index in [9.17, 15) is 0 Å². The number of ether oxygens (including phenoxy) is 1. The Labute approximate surface area is 136 Å². The minimum Gasteiger partial charge on any atom is -0.457 e. The van der Waals surface area contributed by atoms with Gasteiger partial charge in [-0.15, -0.1) is 12.4 Å². The van der Waals surface area contributed by atoms with E-state index in [0.717, 1.165) is 22.7 Å². The van der Waals surface area contributed by atoms with Crippen molar-refractivity contribution in [2.45, 2.75) is 0 Å². The van der Waals surface area contributed by atoms with Crippen LogP contribution in [0.4, 0.5) is 5.69 Å². The Morgan fingerprint density at radius 3 is 2.09 bits per heavy atom. The molecule has 112 valence electrons. The Kier molecular flexibility index (Phi) is 5.39. The molecule has 0 aliphatic heterocycles. The van der Waals surface area contributed by atoms with Crippen LogP contribution in [0.5, 0.6) is 11.5 Å². The van der Waals surface area contributed by atoms with E-state index in [1.165, 1.54) is 0 Å². The fourth-order valence-electron chi connectivity index (χ4n) is 1.98. The molecule has 0 aliphatic rings. The molecule has 0 N–H and O–H groups in total. The molecule has 0 fully saturated rings. The van der Waals surface area contributed by atoms with Gasteiger partial charge in [0, 0.05) is 13.2 Å². The molecule has 0 amide bonds. The second-order valence-corrected chi connectivity index (χ2v) is 4.69. The maximum absolute atomic E-state index is 5.76. The van der Waals surface area contributed by atoms with E-state index in [0.29, 0.717) is 0 Å². The molecule has 1 aromatic heterocycles. The van der Waals surface area contributed by atoms with Crippen molar-refractivity contribution in [2.24, 2.45) is 12.0 Å². The lowest BCUT2D eigenvalue weighted by molar-refractivity contribution is 0.483. The molecule has 0 aliphatic carbocycles. The number of halogens is 1. The number of pyridine rings is 1. The van der Waals surface area contributed by atoms with Crippen LogP contribution in [0.1, 0.15) is 0 Å². The van der Waals surface area contributed by atoms with Gasteiger partial charge < -0.3 is 9.30 Å². The van der Waals surface area contributed by atoms with Crippen LogP contribution in [0.3, 0.4) is 0 Å². The highest BCUT2D eigenvalue weighted by Crippen LogP contribution is 2.23. The van der Waals surface area contributed by atoms with Gasteiger partial charge in [-0.1, -0.05) is 24.3 Å². The highest BCUT2D eigenvalue weighted by molar-refractivity contribution is 5.85. The van der Waals surface area contributed by atoms with E-state index in [1.54, 1.807) is 0 Å². The van der Waals surface area contributed by atoms with E-state index in [2.05, 4.69) is 4.99 Å². The number of hydrogen-bond donors (Lipinski definition) is 0. The number of aryl methyl sites for hydroxylation is 1. The second kappa shape index (κ2) is 7.48. The van der Waals surface area contributed by atoms with Gasteiger partial charge in [-0.25, -0.2) is 4.99 Å². The Balaban J connectivity index is 0.00000176. The van der Waals surface area contributed by atoms with Crippen LogP contribution in [0.25, 0.3) is 0 Å². The third-order valence-electron chi connectivity index (χ3n) is 3.09. The standard InChI is InChI=1S/C18H16N2O.ClH/c1-20-14-6-5-9-18(20)19-15-10-12-17(13-11-15)21-16-7-3-2-4-8-16;/h2-14H,1H3;1H. The first-order valence-corrected chi connectivity index (χ1v) is 6.81. The molecular formula is C18H17ClN2O. The fraction of sp³-hybridized carbons (Fsp3) is 0.0556. The molecule has 3 rings (SSSR count). The lowest BCUT2D eigenvalue weighted by Crippen LogP contribution is -2.15. The molecule has 22 heavy (non-hydrogen) atoms. The average Bonchev–Trinajstić information content (AvgIpc) is 2.52. The van der Waals surface area contributed by atoms with Crippen LogP contribution in [0.2, 0.25) is 0 Å². The molecule has 4 heteroatoms. The molecule has 0 atom stereocenters. The summed E-state index contributed by atoms with van der Waals surface area (Å²) in [7, 11) is 1.98. The maximum Gasteiger partial charge on any atom is 0.132 e. The Morgan fingerprint density at radius 2 is 1.41 bits per heavy atom. The van der Waals surface area contributed by atoms with Crippen molar-refractivity contribution in [1.29, 1.82) is 0 Å². The molecule has 3 nitrogen and oxygen atoms in total. The lowest BCUT2D eigenvalue weighted by atomic mass is 10.3. The van der Waals surface area contributed by atoms with E-state index < -0.39 is 0 Å². The third-order valence-corrected chi connectivity index (χ3v) is 3.09. The molecule has 0 saturated carbocycles. The molecule has 0 spiro atoms. The van der Waals surface area contributed by atoms with Crippen LogP contribution in [0.15, 0.2) is 84.0 Å². The van der Waals surface area contributed by atoms with Crippen molar-refractivity contribution in [1.82, 2.24) is 4.57 Å². The predicted molar refractivity (Wildman–Crippen MR) is 90.8 cm³/mol. The van der Waals surface area contributed by atoms with Crippen molar-refractivity contribution >= 4 is 18.1 Å². The largest absolute Gasteiger partial charge is 0.457 e. The van der Waals surface area contributed by atoms with Gasteiger partial charge in [0.05, 0.1) is 5.69 Å². The second-order valence-electron chi connectivity index (χ2n) is 4.69. The van der Waals surface area contributed by atoms with E-state index in [1.807, 2.05) is 90.6 Å². The minimum absolute atomic E-state index is 0. The molecule has 1 heterocycles. The summed E-state index contributed by atoms with van der Waals surface area (Å²) < 4.78 is 7.74. The first-order chi connectivity index (χ1) is 10.3. The average molecular weight is 313 g/mol. The van der Waals surface area contributed by atoms with Gasteiger partial charge in [0.15, 0.2) is 0 Å². The maximum atomic E-state index is 5.76. The van der Waals surface area contributed by atoms with Crippen LogP contribution in [-0.2, 0) is 7.05 Å². The SMILES string of the molecule is Cl.Cn1ccccc1=Nc1ccc(Oc2ccccc2)cc1. The van der Waals surface area contributed by atoms with Crippen molar-refractivity contribution in [2.75, 3.05) is 0 Å². The van der Waals surface area contributed by atoms with Crippen molar-refractivity contribution in [3.8, 4) is 11.5 Å². The number of rotatable bonds is 3. The molecule has 2 aromatic carbocycles. The first-order valence-electron chi connectivity index (χ1n) is 6.81. The number of benzene rings is 2. The number of hydrogen-bond acceptors (Lipinski definition) is 2. The topological polar surface area (TPSA) is 26.5 Å². The van der Waals surface area contributed by atoms with Crippen LogP contribution < -0.4 is 10.2 Å². The van der Waals surface area contributed by atoms with Crippen molar-refractivity contribution in [3.05, 3.63) is 84.5 Å². The zero-order valence-electron chi connectivity index (χ0n) is 12.2. The molecule has 0 bridgehead atoms. The van der Waals surface area contributed by atoms with Gasteiger partial charge in [-0.3, -0.25) is 0 Å². The zero-order chi connectivity index (χ0) is 14.5. The quantitative estimate of drug-likeness (QED) is 0.700. The number of nitrogens with zero attached hydrogens (tertiary/aromatic N) is 2. The Bertz CT molecular complexity index is 780. The molecule has 3 aromatic rings. The van der Waals surface area contributed by atoms with Crippen LogP contribution in [-0.4, -0.2) is 4.57 Å². The predicted octanol–water partition coefficient (Wildman–Crippen LogP) is 4.47. The van der Waals surface area contributed by atoms with Crippen molar-refractivity contribution < 1.29 is 4.74 Å². The molecule has 0 unspecified atom stereocenters. The summed E-state index contributed by atoms with van der Waals surface area (Å²) in [6.45, 7) is 0. The highest BCUT2D eigenvalue weighted by Gasteiger charge is 1.96. The van der Waals surface area contributed by atoms with Gasteiger partial charge in [0.2, 0.25) is 0 Å². The summed E-state index contributed by atoms with van der Waals surface area (Å²) in [5, 5.41) is 0. The van der Waals surface area contributed by atoms with Crippen LogP contribution >= 0.6 is 12.4 Å². The van der Waals surface area contributed by atoms with Gasteiger partial charge in [-0.05, 0) is 48.5 Å². The third kappa shape index (κ3) is 3.99. The van der Waals surface area contributed by atoms with E-state index >= 15 is 0 Å². The van der Waals surface area contributed by atoms with E-state index in [4.69, 9.17) is 4.74 Å². The molecule has 0 radical (unpaired) electrons. The van der Waals surface area contributed by atoms with Gasteiger partial charge >= 0.3 is 0 Å². The van der Waals surface area contributed by atoms with Crippen LogP contribution in [0, 0.1) is 0 Å². The molecular weight excluding hydrogens is 296 g/mol. The van der Waals surface area contributed by atoms with Gasteiger partial charge in [0.25, 0.3) is 0 Å². The Morgan fingerprint density at radius 1 is 0.773 bits per heavy atom. The van der Waals surface area contributed by atoms with E-state index in [-0.39, 0.29) is 12.4 Å². The van der Waals surface area contributed by atoms with Crippen molar-refractivity contribution in [3.63, 3.8) is 0 Å². The summed E-state index contributed by atoms with van der Waals surface area (Å²) in [6.07, 6.45) is 1.98. The summed E-state index contributed by atoms with van der Waals surface area (Å²) in [6, 6.07) is 23.4. The summed E-state index contributed by atoms with van der Waals surface area (Å²) >= 11 is 0. The summed E-state index contributed by atoms with van der Waals surface area (Å²) in [4.78, 5) is 4.60.